The van der Waals surface area contributed by atoms with Crippen molar-refractivity contribution in [1.82, 2.24) is 0 Å². The summed E-state index contributed by atoms with van der Waals surface area (Å²) >= 11 is 5.55. The molecule has 1 fully saturated rings. The maximum atomic E-state index is 12.9. The van der Waals surface area contributed by atoms with Gasteiger partial charge in [-0.2, -0.15) is 13.2 Å². The highest BCUT2D eigenvalue weighted by molar-refractivity contribution is 6.31. The maximum absolute atomic E-state index is 12.9. The molecular formula is C18H14ClF3N2O2. The van der Waals surface area contributed by atoms with Gasteiger partial charge in [-0.1, -0.05) is 29.8 Å². The fraction of sp³-hybridized carbons (Fsp3) is 0.222. The quantitative estimate of drug-likeness (QED) is 0.813. The molecule has 26 heavy (non-hydrogen) atoms. The average molecular weight is 383 g/mol. The molecule has 2 aromatic carbocycles. The summed E-state index contributed by atoms with van der Waals surface area (Å²) in [6.07, 6.45) is -4.26. The monoisotopic (exact) mass is 382 g/mol. The number of rotatable bonds is 4. The zero-order valence-corrected chi connectivity index (χ0v) is 14.1. The Balaban J connectivity index is 1.61. The van der Waals surface area contributed by atoms with Crippen molar-refractivity contribution in [3.8, 4) is 0 Å². The zero-order valence-electron chi connectivity index (χ0n) is 13.3. The van der Waals surface area contributed by atoms with Gasteiger partial charge >= 0.3 is 6.18 Å². The third-order valence-corrected chi connectivity index (χ3v) is 4.37. The Bertz CT molecular complexity index is 840. The van der Waals surface area contributed by atoms with E-state index in [0.29, 0.717) is 12.1 Å². The van der Waals surface area contributed by atoms with E-state index in [-0.39, 0.29) is 11.6 Å². The number of hydrogen-bond acceptors (Lipinski definition) is 2. The smallest absolute Gasteiger partial charge is 0.326 e. The van der Waals surface area contributed by atoms with Crippen LogP contribution in [0.3, 0.4) is 0 Å². The van der Waals surface area contributed by atoms with E-state index >= 15 is 0 Å². The van der Waals surface area contributed by atoms with Gasteiger partial charge in [0.15, 0.2) is 0 Å². The Labute approximate surface area is 152 Å². The van der Waals surface area contributed by atoms with Gasteiger partial charge in [0, 0.05) is 11.4 Å². The van der Waals surface area contributed by atoms with Crippen LogP contribution in [0.1, 0.15) is 12.0 Å². The van der Waals surface area contributed by atoms with Crippen LogP contribution in [0.5, 0.6) is 0 Å². The number of carbonyl (C=O) groups is 2. The Morgan fingerprint density at radius 1 is 0.923 bits per heavy atom. The number of benzene rings is 2. The molecule has 0 bridgehead atoms. The summed E-state index contributed by atoms with van der Waals surface area (Å²) in [6.45, 7) is 0. The molecule has 0 heterocycles. The molecule has 0 spiro atoms. The topological polar surface area (TPSA) is 58.2 Å². The van der Waals surface area contributed by atoms with Crippen LogP contribution in [0.15, 0.2) is 48.5 Å². The van der Waals surface area contributed by atoms with E-state index in [9.17, 15) is 22.8 Å². The van der Waals surface area contributed by atoms with Gasteiger partial charge in [-0.3, -0.25) is 9.59 Å². The van der Waals surface area contributed by atoms with Gasteiger partial charge in [-0.25, -0.2) is 0 Å². The molecule has 1 aliphatic carbocycles. The third kappa shape index (κ3) is 4.16. The minimum atomic E-state index is -4.62. The molecule has 1 saturated carbocycles. The number of halogens is 4. The van der Waals surface area contributed by atoms with Gasteiger partial charge in [0.25, 0.3) is 0 Å². The predicted octanol–water partition coefficient (Wildman–Crippen LogP) is 4.57. The van der Waals surface area contributed by atoms with Gasteiger partial charge in [-0.15, -0.1) is 0 Å². The van der Waals surface area contributed by atoms with E-state index in [1.165, 1.54) is 6.07 Å². The highest BCUT2D eigenvalue weighted by atomic mass is 35.5. The Hall–Kier alpha value is -2.54. The number of amides is 2. The van der Waals surface area contributed by atoms with Crippen LogP contribution in [-0.4, -0.2) is 11.8 Å². The van der Waals surface area contributed by atoms with E-state index in [4.69, 9.17) is 11.6 Å². The molecule has 0 aromatic heterocycles. The van der Waals surface area contributed by atoms with Crippen molar-refractivity contribution in [2.24, 2.45) is 11.8 Å². The first-order valence-corrected chi connectivity index (χ1v) is 8.17. The second-order valence-electron chi connectivity index (χ2n) is 5.99. The average Bonchev–Trinajstić information content (AvgIpc) is 3.37. The summed E-state index contributed by atoms with van der Waals surface area (Å²) in [5.41, 5.74) is -0.414. The standard InChI is InChI=1S/C18H14ClF3N2O2/c19-15-7-6-11(8-14(15)18(20,21)22)24-17(26)13-9-12(13)16(25)23-10-4-2-1-3-5-10/h1-8,12-13H,9H2,(H,23,25)(H,24,26). The molecule has 2 N–H and O–H groups in total. The first kappa shape index (κ1) is 18.3. The van der Waals surface area contributed by atoms with Crippen molar-refractivity contribution in [1.29, 1.82) is 0 Å². The van der Waals surface area contributed by atoms with Crippen LogP contribution >= 0.6 is 11.6 Å². The largest absolute Gasteiger partial charge is 0.417 e. The van der Waals surface area contributed by atoms with Crippen molar-refractivity contribution >= 4 is 34.8 Å². The van der Waals surface area contributed by atoms with Crippen LogP contribution < -0.4 is 10.6 Å². The van der Waals surface area contributed by atoms with Crippen molar-refractivity contribution in [2.75, 3.05) is 10.6 Å². The summed E-state index contributed by atoms with van der Waals surface area (Å²) < 4.78 is 38.6. The molecule has 3 rings (SSSR count). The number of anilines is 2. The fourth-order valence-electron chi connectivity index (χ4n) is 2.59. The van der Waals surface area contributed by atoms with Crippen LogP contribution in [-0.2, 0) is 15.8 Å². The van der Waals surface area contributed by atoms with Gasteiger partial charge in [0.1, 0.15) is 0 Å². The first-order chi connectivity index (χ1) is 12.3. The van der Waals surface area contributed by atoms with Crippen molar-refractivity contribution < 1.29 is 22.8 Å². The Morgan fingerprint density at radius 3 is 2.08 bits per heavy atom. The van der Waals surface area contributed by atoms with Crippen LogP contribution in [0.4, 0.5) is 24.5 Å². The molecule has 2 unspecified atom stereocenters. The van der Waals surface area contributed by atoms with Gasteiger partial charge in [0.2, 0.25) is 11.8 Å². The van der Waals surface area contributed by atoms with E-state index < -0.39 is 34.5 Å². The summed E-state index contributed by atoms with van der Waals surface area (Å²) in [7, 11) is 0. The molecule has 0 saturated heterocycles. The van der Waals surface area contributed by atoms with E-state index in [0.717, 1.165) is 12.1 Å². The lowest BCUT2D eigenvalue weighted by Crippen LogP contribution is -2.20. The normalized spacial score (nSPS) is 18.9. The number of carbonyl (C=O) groups excluding carboxylic acids is 2. The Kier molecular flexibility index (Phi) is 4.91. The minimum Gasteiger partial charge on any atom is -0.326 e. The highest BCUT2D eigenvalue weighted by Crippen LogP contribution is 2.41. The van der Waals surface area contributed by atoms with Crippen LogP contribution in [0.25, 0.3) is 0 Å². The number of hydrogen-bond donors (Lipinski definition) is 2. The number of alkyl halides is 3. The molecule has 0 radical (unpaired) electrons. The van der Waals surface area contributed by atoms with Crippen LogP contribution in [0, 0.1) is 11.8 Å². The number of para-hydroxylation sites is 1. The third-order valence-electron chi connectivity index (χ3n) is 4.04. The number of nitrogens with one attached hydrogen (secondary N) is 2. The lowest BCUT2D eigenvalue weighted by atomic mass is 10.2. The van der Waals surface area contributed by atoms with Crippen molar-refractivity contribution in [3.05, 3.63) is 59.1 Å². The lowest BCUT2D eigenvalue weighted by molar-refractivity contribution is -0.137. The highest BCUT2D eigenvalue weighted by Gasteiger charge is 2.48. The minimum absolute atomic E-state index is 0.0131. The van der Waals surface area contributed by atoms with Crippen molar-refractivity contribution in [2.45, 2.75) is 12.6 Å². The SMILES string of the molecule is O=C(Nc1ccccc1)C1CC1C(=O)Nc1ccc(Cl)c(C(F)(F)F)c1. The molecule has 136 valence electrons. The molecular weight excluding hydrogens is 369 g/mol. The molecule has 1 aliphatic rings. The zero-order chi connectivity index (χ0) is 18.9. The van der Waals surface area contributed by atoms with E-state index in [1.807, 2.05) is 6.07 Å². The second-order valence-corrected chi connectivity index (χ2v) is 6.39. The van der Waals surface area contributed by atoms with Gasteiger partial charge in [-0.05, 0) is 36.8 Å². The van der Waals surface area contributed by atoms with E-state index in [1.54, 1.807) is 24.3 Å². The summed E-state index contributed by atoms with van der Waals surface area (Å²) in [6, 6.07) is 11.9. The molecule has 2 atom stereocenters. The fourth-order valence-corrected chi connectivity index (χ4v) is 2.81. The predicted molar refractivity (Wildman–Crippen MR) is 91.8 cm³/mol. The van der Waals surface area contributed by atoms with Crippen LogP contribution in [0.2, 0.25) is 5.02 Å². The van der Waals surface area contributed by atoms with Crippen molar-refractivity contribution in [3.63, 3.8) is 0 Å². The maximum Gasteiger partial charge on any atom is 0.417 e. The molecule has 8 heteroatoms. The first-order valence-electron chi connectivity index (χ1n) is 7.79. The summed E-state index contributed by atoms with van der Waals surface area (Å²) in [5.74, 6) is -1.84. The second kappa shape index (κ2) is 6.99. The summed E-state index contributed by atoms with van der Waals surface area (Å²) in [4.78, 5) is 24.3. The molecule has 2 aromatic rings. The van der Waals surface area contributed by atoms with E-state index in [2.05, 4.69) is 10.6 Å². The summed E-state index contributed by atoms with van der Waals surface area (Å²) in [5, 5.41) is 4.68. The van der Waals surface area contributed by atoms with Gasteiger partial charge in [0.05, 0.1) is 22.4 Å². The Morgan fingerprint density at radius 2 is 1.50 bits per heavy atom. The lowest BCUT2D eigenvalue weighted by Gasteiger charge is -2.11. The molecule has 4 nitrogen and oxygen atoms in total. The van der Waals surface area contributed by atoms with Gasteiger partial charge < -0.3 is 10.6 Å². The molecule has 2 amide bonds. The molecule has 0 aliphatic heterocycles.